The molecule has 1 saturated carbocycles. The third-order valence-corrected chi connectivity index (χ3v) is 4.36. The molecule has 1 heterocycles. The van der Waals surface area contributed by atoms with Gasteiger partial charge in [-0.1, -0.05) is 26.1 Å². The SMILES string of the molecule is C[Si](C)(C)Cn1cnc(C2CCC2)cc1=O. The minimum Gasteiger partial charge on any atom is -0.302 e. The fraction of sp³-hybridized carbons (Fsp3) is 0.667. The molecule has 4 heteroatoms. The molecule has 0 saturated heterocycles. The summed E-state index contributed by atoms with van der Waals surface area (Å²) in [4.78, 5) is 16.3. The Labute approximate surface area is 97.5 Å². The van der Waals surface area contributed by atoms with E-state index in [-0.39, 0.29) is 5.56 Å². The molecule has 0 aliphatic heterocycles. The monoisotopic (exact) mass is 236 g/mol. The molecule has 0 radical (unpaired) electrons. The van der Waals surface area contributed by atoms with Crippen molar-refractivity contribution in [2.45, 2.75) is 51.0 Å². The van der Waals surface area contributed by atoms with Crippen molar-refractivity contribution >= 4 is 8.07 Å². The lowest BCUT2D eigenvalue weighted by molar-refractivity contribution is 0.409. The molecule has 0 N–H and O–H groups in total. The predicted octanol–water partition coefficient (Wildman–Crippen LogP) is 2.39. The van der Waals surface area contributed by atoms with E-state index in [1.807, 2.05) is 0 Å². The standard InChI is InChI=1S/C12H20N2OSi/c1-16(2,3)9-14-8-13-11(7-12(14)15)10-5-4-6-10/h7-8,10H,4-6,9H2,1-3H3. The second kappa shape index (κ2) is 4.16. The quantitative estimate of drug-likeness (QED) is 0.755. The number of aromatic nitrogens is 2. The molecule has 1 fully saturated rings. The summed E-state index contributed by atoms with van der Waals surface area (Å²) < 4.78 is 1.77. The van der Waals surface area contributed by atoms with E-state index in [2.05, 4.69) is 24.6 Å². The summed E-state index contributed by atoms with van der Waals surface area (Å²) in [6, 6.07) is 1.74. The van der Waals surface area contributed by atoms with E-state index in [0.29, 0.717) is 5.92 Å². The maximum absolute atomic E-state index is 11.9. The van der Waals surface area contributed by atoms with Gasteiger partial charge in [-0.15, -0.1) is 0 Å². The summed E-state index contributed by atoms with van der Waals surface area (Å²) in [6.45, 7) is 6.79. The largest absolute Gasteiger partial charge is 0.302 e. The minimum atomic E-state index is -1.25. The lowest BCUT2D eigenvalue weighted by Crippen LogP contribution is -2.34. The van der Waals surface area contributed by atoms with Gasteiger partial charge in [-0.3, -0.25) is 4.79 Å². The van der Waals surface area contributed by atoms with Crippen molar-refractivity contribution < 1.29 is 0 Å². The summed E-state index contributed by atoms with van der Waals surface area (Å²) in [7, 11) is -1.25. The van der Waals surface area contributed by atoms with E-state index in [4.69, 9.17) is 0 Å². The number of hydrogen-bond donors (Lipinski definition) is 0. The van der Waals surface area contributed by atoms with E-state index in [1.165, 1.54) is 19.3 Å². The van der Waals surface area contributed by atoms with E-state index in [9.17, 15) is 4.79 Å². The van der Waals surface area contributed by atoms with Crippen LogP contribution in [0.15, 0.2) is 17.2 Å². The summed E-state index contributed by atoms with van der Waals surface area (Å²) >= 11 is 0. The molecule has 0 atom stereocenters. The summed E-state index contributed by atoms with van der Waals surface area (Å²) in [5, 5.41) is 0. The second-order valence-electron chi connectivity index (χ2n) is 5.97. The van der Waals surface area contributed by atoms with Gasteiger partial charge in [0.25, 0.3) is 5.56 Å². The van der Waals surface area contributed by atoms with Gasteiger partial charge in [0.2, 0.25) is 0 Å². The van der Waals surface area contributed by atoms with E-state index in [0.717, 1.165) is 11.9 Å². The molecule has 0 bridgehead atoms. The van der Waals surface area contributed by atoms with E-state index in [1.54, 1.807) is 17.0 Å². The molecule has 0 aromatic carbocycles. The van der Waals surface area contributed by atoms with Crippen molar-refractivity contribution in [3.8, 4) is 0 Å². The van der Waals surface area contributed by atoms with Crippen LogP contribution < -0.4 is 5.56 Å². The van der Waals surface area contributed by atoms with Gasteiger partial charge in [0, 0.05) is 18.2 Å². The van der Waals surface area contributed by atoms with E-state index >= 15 is 0 Å². The first-order chi connectivity index (χ1) is 7.46. The fourth-order valence-electron chi connectivity index (χ4n) is 2.00. The van der Waals surface area contributed by atoms with Crippen LogP contribution in [-0.4, -0.2) is 17.6 Å². The molecule has 88 valence electrons. The van der Waals surface area contributed by atoms with Gasteiger partial charge in [-0.05, 0) is 12.8 Å². The number of rotatable bonds is 3. The zero-order valence-electron chi connectivity index (χ0n) is 10.4. The molecule has 0 spiro atoms. The molecule has 2 rings (SSSR count). The van der Waals surface area contributed by atoms with Crippen molar-refractivity contribution in [3.05, 3.63) is 28.4 Å². The second-order valence-corrected chi connectivity index (χ2v) is 11.4. The Kier molecular flexibility index (Phi) is 3.01. The maximum Gasteiger partial charge on any atom is 0.253 e. The Morgan fingerprint density at radius 2 is 2.12 bits per heavy atom. The van der Waals surface area contributed by atoms with Crippen LogP contribution in [0.1, 0.15) is 30.9 Å². The Balaban J connectivity index is 2.19. The lowest BCUT2D eigenvalue weighted by atomic mass is 9.83. The van der Waals surface area contributed by atoms with Crippen molar-refractivity contribution in [1.29, 1.82) is 0 Å². The molecule has 1 aromatic rings. The van der Waals surface area contributed by atoms with Crippen LogP contribution >= 0.6 is 0 Å². The highest BCUT2D eigenvalue weighted by atomic mass is 28.3. The van der Waals surface area contributed by atoms with Gasteiger partial charge in [0.1, 0.15) is 0 Å². The summed E-state index contributed by atoms with van der Waals surface area (Å²) in [5.41, 5.74) is 1.13. The fourth-order valence-corrected chi connectivity index (χ4v) is 3.26. The highest BCUT2D eigenvalue weighted by Crippen LogP contribution is 2.34. The van der Waals surface area contributed by atoms with Crippen molar-refractivity contribution in [3.63, 3.8) is 0 Å². The third kappa shape index (κ3) is 2.61. The Morgan fingerprint density at radius 3 is 2.56 bits per heavy atom. The Bertz CT molecular complexity index is 429. The average molecular weight is 236 g/mol. The Hall–Kier alpha value is -0.903. The average Bonchev–Trinajstić information content (AvgIpc) is 2.04. The van der Waals surface area contributed by atoms with Gasteiger partial charge in [-0.25, -0.2) is 4.98 Å². The van der Waals surface area contributed by atoms with Crippen LogP contribution in [0.25, 0.3) is 0 Å². The van der Waals surface area contributed by atoms with Crippen LogP contribution in [0.4, 0.5) is 0 Å². The molecule has 0 amide bonds. The lowest BCUT2D eigenvalue weighted by Gasteiger charge is -2.25. The summed E-state index contributed by atoms with van der Waals surface area (Å²) in [5.74, 6) is 0.550. The van der Waals surface area contributed by atoms with Crippen molar-refractivity contribution in [1.82, 2.24) is 9.55 Å². The van der Waals surface area contributed by atoms with Crippen LogP contribution in [0.3, 0.4) is 0 Å². The normalized spacial score (nSPS) is 17.2. The highest BCUT2D eigenvalue weighted by Gasteiger charge is 2.22. The highest BCUT2D eigenvalue weighted by molar-refractivity contribution is 6.74. The molecule has 1 aliphatic carbocycles. The molecule has 1 aliphatic rings. The first-order valence-electron chi connectivity index (χ1n) is 6.02. The van der Waals surface area contributed by atoms with Crippen molar-refractivity contribution in [2.75, 3.05) is 0 Å². The molecule has 16 heavy (non-hydrogen) atoms. The first kappa shape index (κ1) is 11.6. The van der Waals surface area contributed by atoms with Crippen molar-refractivity contribution in [2.24, 2.45) is 0 Å². The predicted molar refractivity (Wildman–Crippen MR) is 68.4 cm³/mol. The molecule has 0 unspecified atom stereocenters. The first-order valence-corrected chi connectivity index (χ1v) is 9.73. The van der Waals surface area contributed by atoms with E-state index < -0.39 is 8.07 Å². The van der Waals surface area contributed by atoms with Crippen LogP contribution in [0.2, 0.25) is 19.6 Å². The minimum absolute atomic E-state index is 0.124. The zero-order valence-corrected chi connectivity index (χ0v) is 11.4. The number of hydrogen-bond acceptors (Lipinski definition) is 2. The third-order valence-electron chi connectivity index (χ3n) is 3.07. The zero-order chi connectivity index (χ0) is 11.8. The topological polar surface area (TPSA) is 34.9 Å². The molecule has 3 nitrogen and oxygen atoms in total. The van der Waals surface area contributed by atoms with Gasteiger partial charge in [0.15, 0.2) is 0 Å². The van der Waals surface area contributed by atoms with Gasteiger partial charge in [-0.2, -0.15) is 0 Å². The van der Waals surface area contributed by atoms with Crippen LogP contribution in [0, 0.1) is 0 Å². The van der Waals surface area contributed by atoms with Crippen LogP contribution in [0.5, 0.6) is 0 Å². The Morgan fingerprint density at radius 1 is 1.44 bits per heavy atom. The molecule has 1 aromatic heterocycles. The smallest absolute Gasteiger partial charge is 0.253 e. The van der Waals surface area contributed by atoms with Crippen LogP contribution in [-0.2, 0) is 6.17 Å². The molecular formula is C12H20N2OSi. The number of nitrogens with zero attached hydrogens (tertiary/aromatic N) is 2. The summed E-state index contributed by atoms with van der Waals surface area (Å²) in [6.07, 6.45) is 6.29. The maximum atomic E-state index is 11.9. The van der Waals surface area contributed by atoms with Gasteiger partial charge >= 0.3 is 0 Å². The van der Waals surface area contributed by atoms with Gasteiger partial charge in [0.05, 0.1) is 20.1 Å². The molecular weight excluding hydrogens is 216 g/mol. The van der Waals surface area contributed by atoms with Gasteiger partial charge < -0.3 is 4.57 Å².